The van der Waals surface area contributed by atoms with E-state index in [1.54, 1.807) is 0 Å². The van der Waals surface area contributed by atoms with Crippen LogP contribution < -0.4 is 15.4 Å². The summed E-state index contributed by atoms with van der Waals surface area (Å²) < 4.78 is 18.2. The number of benzene rings is 2. The molecule has 132 valence electrons. The molecule has 0 saturated heterocycles. The largest absolute Gasteiger partial charge is 0.484 e. The Morgan fingerprint density at radius 3 is 2.32 bits per heavy atom. The summed E-state index contributed by atoms with van der Waals surface area (Å²) in [5.41, 5.74) is 2.63. The zero-order valence-electron chi connectivity index (χ0n) is 14.3. The number of aryl methyl sites for hydroxylation is 2. The molecule has 0 unspecified atom stereocenters. The highest BCUT2D eigenvalue weighted by Crippen LogP contribution is 2.16. The summed E-state index contributed by atoms with van der Waals surface area (Å²) in [4.78, 5) is 23.5. The van der Waals surface area contributed by atoms with Crippen molar-refractivity contribution in [1.29, 1.82) is 0 Å². The van der Waals surface area contributed by atoms with Gasteiger partial charge in [0, 0.05) is 18.7 Å². The molecule has 2 rings (SSSR count). The van der Waals surface area contributed by atoms with Crippen molar-refractivity contribution in [3.8, 4) is 5.75 Å². The second kappa shape index (κ2) is 8.82. The van der Waals surface area contributed by atoms with Crippen LogP contribution in [0.5, 0.6) is 5.75 Å². The molecule has 0 spiro atoms. The number of nitrogens with one attached hydrogen (secondary N) is 2. The number of carbonyl (C=O) groups is 2. The van der Waals surface area contributed by atoms with Crippen molar-refractivity contribution < 1.29 is 18.7 Å². The van der Waals surface area contributed by atoms with Gasteiger partial charge >= 0.3 is 0 Å². The maximum absolute atomic E-state index is 12.8. The van der Waals surface area contributed by atoms with Crippen LogP contribution in [0.1, 0.15) is 21.5 Å². The number of hydrogen-bond acceptors (Lipinski definition) is 3. The van der Waals surface area contributed by atoms with Crippen LogP contribution in [0.25, 0.3) is 0 Å². The average Bonchev–Trinajstić information content (AvgIpc) is 2.60. The van der Waals surface area contributed by atoms with Crippen molar-refractivity contribution in [2.24, 2.45) is 0 Å². The fourth-order valence-electron chi connectivity index (χ4n) is 2.08. The van der Waals surface area contributed by atoms with Crippen LogP contribution in [-0.2, 0) is 4.79 Å². The summed E-state index contributed by atoms with van der Waals surface area (Å²) >= 11 is 0. The molecule has 0 saturated carbocycles. The number of ether oxygens (including phenoxy) is 1. The van der Waals surface area contributed by atoms with Gasteiger partial charge in [0.15, 0.2) is 6.61 Å². The molecule has 0 aliphatic rings. The molecule has 0 aliphatic heterocycles. The van der Waals surface area contributed by atoms with Gasteiger partial charge in [-0.15, -0.1) is 0 Å². The highest BCUT2D eigenvalue weighted by molar-refractivity contribution is 5.94. The summed E-state index contributed by atoms with van der Waals surface area (Å²) in [5.74, 6) is -0.342. The first-order valence-corrected chi connectivity index (χ1v) is 7.96. The molecule has 5 nitrogen and oxygen atoms in total. The molecule has 2 amide bonds. The molecule has 0 atom stereocenters. The lowest BCUT2D eigenvalue weighted by Gasteiger charge is -2.09. The van der Waals surface area contributed by atoms with Crippen LogP contribution in [0, 0.1) is 19.7 Å². The zero-order valence-corrected chi connectivity index (χ0v) is 14.3. The summed E-state index contributed by atoms with van der Waals surface area (Å²) in [5, 5.41) is 5.30. The van der Waals surface area contributed by atoms with E-state index in [2.05, 4.69) is 10.6 Å². The van der Waals surface area contributed by atoms with Crippen molar-refractivity contribution >= 4 is 11.8 Å². The van der Waals surface area contributed by atoms with E-state index < -0.39 is 5.82 Å². The fourth-order valence-corrected chi connectivity index (χ4v) is 2.08. The van der Waals surface area contributed by atoms with E-state index in [1.165, 1.54) is 24.3 Å². The number of hydrogen-bond donors (Lipinski definition) is 2. The van der Waals surface area contributed by atoms with E-state index in [1.807, 2.05) is 32.0 Å². The third-order valence-electron chi connectivity index (χ3n) is 3.69. The number of halogens is 1. The third kappa shape index (κ3) is 5.91. The van der Waals surface area contributed by atoms with Gasteiger partial charge in [-0.2, -0.15) is 0 Å². The Balaban J connectivity index is 1.65. The van der Waals surface area contributed by atoms with Crippen LogP contribution in [0.4, 0.5) is 4.39 Å². The Hall–Kier alpha value is -2.89. The van der Waals surface area contributed by atoms with Gasteiger partial charge in [0.05, 0.1) is 0 Å². The second-order valence-electron chi connectivity index (χ2n) is 5.65. The molecule has 2 N–H and O–H groups in total. The van der Waals surface area contributed by atoms with E-state index in [0.29, 0.717) is 11.3 Å². The first-order chi connectivity index (χ1) is 12.0. The Morgan fingerprint density at radius 1 is 0.960 bits per heavy atom. The van der Waals surface area contributed by atoms with Crippen molar-refractivity contribution in [1.82, 2.24) is 10.6 Å². The van der Waals surface area contributed by atoms with Gasteiger partial charge in [0.2, 0.25) is 0 Å². The zero-order chi connectivity index (χ0) is 18.2. The molecule has 0 fully saturated rings. The Morgan fingerprint density at radius 2 is 1.64 bits per heavy atom. The Bertz CT molecular complexity index is 745. The van der Waals surface area contributed by atoms with Gasteiger partial charge in [-0.1, -0.05) is 6.07 Å². The highest BCUT2D eigenvalue weighted by Gasteiger charge is 2.06. The molecule has 0 aromatic heterocycles. The predicted octanol–water partition coefficient (Wildman–Crippen LogP) is 2.37. The minimum Gasteiger partial charge on any atom is -0.484 e. The van der Waals surface area contributed by atoms with Crippen molar-refractivity contribution in [3.05, 3.63) is 65.0 Å². The van der Waals surface area contributed by atoms with Gasteiger partial charge in [-0.25, -0.2) is 4.39 Å². The minimum atomic E-state index is -0.396. The van der Waals surface area contributed by atoms with Gasteiger partial charge < -0.3 is 15.4 Å². The van der Waals surface area contributed by atoms with Crippen LogP contribution in [-0.4, -0.2) is 31.5 Å². The number of rotatable bonds is 7. The maximum atomic E-state index is 12.8. The fraction of sp³-hybridized carbons (Fsp3) is 0.263. The normalized spacial score (nSPS) is 10.2. The molecular formula is C19H21FN2O3. The molecule has 6 heteroatoms. The molecule has 2 aromatic rings. The third-order valence-corrected chi connectivity index (χ3v) is 3.69. The van der Waals surface area contributed by atoms with Gasteiger partial charge in [-0.3, -0.25) is 9.59 Å². The van der Waals surface area contributed by atoms with Crippen LogP contribution >= 0.6 is 0 Å². The predicted molar refractivity (Wildman–Crippen MR) is 93.2 cm³/mol. The van der Waals surface area contributed by atoms with Gasteiger partial charge in [0.1, 0.15) is 11.6 Å². The lowest BCUT2D eigenvalue weighted by molar-refractivity contribution is -0.123. The van der Waals surface area contributed by atoms with Crippen molar-refractivity contribution in [2.75, 3.05) is 19.7 Å². The quantitative estimate of drug-likeness (QED) is 0.758. The van der Waals surface area contributed by atoms with E-state index in [9.17, 15) is 14.0 Å². The topological polar surface area (TPSA) is 67.4 Å². The lowest BCUT2D eigenvalue weighted by Crippen LogP contribution is -2.36. The average molecular weight is 344 g/mol. The standard InChI is InChI=1S/C19H21FN2O3/c1-13-3-8-17(11-14(13)2)25-12-18(23)21-9-10-22-19(24)15-4-6-16(20)7-5-15/h3-8,11H,9-10,12H2,1-2H3,(H,21,23)(H,22,24). The van der Waals surface area contributed by atoms with E-state index in [4.69, 9.17) is 4.74 Å². The lowest BCUT2D eigenvalue weighted by atomic mass is 10.1. The molecule has 0 radical (unpaired) electrons. The monoisotopic (exact) mass is 344 g/mol. The first-order valence-electron chi connectivity index (χ1n) is 7.96. The van der Waals surface area contributed by atoms with Crippen LogP contribution in [0.2, 0.25) is 0 Å². The van der Waals surface area contributed by atoms with Crippen LogP contribution in [0.3, 0.4) is 0 Å². The molecular weight excluding hydrogens is 323 g/mol. The van der Waals surface area contributed by atoms with E-state index >= 15 is 0 Å². The highest BCUT2D eigenvalue weighted by atomic mass is 19.1. The molecule has 2 aromatic carbocycles. The van der Waals surface area contributed by atoms with Gasteiger partial charge in [-0.05, 0) is 61.4 Å². The summed E-state index contributed by atoms with van der Waals surface area (Å²) in [7, 11) is 0. The van der Waals surface area contributed by atoms with Crippen molar-refractivity contribution in [3.63, 3.8) is 0 Å². The number of carbonyl (C=O) groups excluding carboxylic acids is 2. The Kier molecular flexibility index (Phi) is 6.51. The SMILES string of the molecule is Cc1ccc(OCC(=O)NCCNC(=O)c2ccc(F)cc2)cc1C. The molecule has 0 bridgehead atoms. The Labute approximate surface area is 146 Å². The van der Waals surface area contributed by atoms with E-state index in [0.717, 1.165) is 11.1 Å². The summed E-state index contributed by atoms with van der Waals surface area (Å²) in [6, 6.07) is 10.9. The summed E-state index contributed by atoms with van der Waals surface area (Å²) in [6.07, 6.45) is 0. The molecule has 25 heavy (non-hydrogen) atoms. The van der Waals surface area contributed by atoms with Gasteiger partial charge in [0.25, 0.3) is 11.8 Å². The minimum absolute atomic E-state index is 0.0889. The smallest absolute Gasteiger partial charge is 0.258 e. The maximum Gasteiger partial charge on any atom is 0.258 e. The second-order valence-corrected chi connectivity index (χ2v) is 5.65. The van der Waals surface area contributed by atoms with Crippen molar-refractivity contribution in [2.45, 2.75) is 13.8 Å². The van der Waals surface area contributed by atoms with E-state index in [-0.39, 0.29) is 31.5 Å². The first kappa shape index (κ1) is 18.4. The molecule has 0 heterocycles. The summed E-state index contributed by atoms with van der Waals surface area (Å²) in [6.45, 7) is 4.44. The number of amides is 2. The van der Waals surface area contributed by atoms with Crippen LogP contribution in [0.15, 0.2) is 42.5 Å². The molecule has 0 aliphatic carbocycles.